The third-order valence-corrected chi connectivity index (χ3v) is 5.06. The van der Waals surface area contributed by atoms with Crippen molar-refractivity contribution in [3.05, 3.63) is 47.4 Å². The van der Waals surface area contributed by atoms with E-state index in [4.69, 9.17) is 5.11 Å². The van der Waals surface area contributed by atoms with Gasteiger partial charge in [-0.15, -0.1) is 0 Å². The highest BCUT2D eigenvalue weighted by Gasteiger charge is 2.54. The first-order valence-corrected chi connectivity index (χ1v) is 7.74. The van der Waals surface area contributed by atoms with Crippen LogP contribution >= 0.6 is 0 Å². The Labute approximate surface area is 120 Å². The van der Waals surface area contributed by atoms with Crippen molar-refractivity contribution in [2.45, 2.75) is 5.37 Å². The molecule has 108 valence electrons. The van der Waals surface area contributed by atoms with Crippen molar-refractivity contribution in [1.82, 2.24) is 9.88 Å². The third kappa shape index (κ3) is 2.04. The van der Waals surface area contributed by atoms with Crippen LogP contribution in [-0.2, 0) is 19.4 Å². The highest BCUT2D eigenvalue weighted by atomic mass is 32.2. The molecule has 8 heteroatoms. The van der Waals surface area contributed by atoms with Crippen molar-refractivity contribution in [3.8, 4) is 0 Å². The highest BCUT2D eigenvalue weighted by molar-refractivity contribution is 7.92. The van der Waals surface area contributed by atoms with Crippen LogP contribution in [-0.4, -0.2) is 46.4 Å². The van der Waals surface area contributed by atoms with Gasteiger partial charge in [0.1, 0.15) is 5.70 Å². The number of aromatic nitrogens is 1. The van der Waals surface area contributed by atoms with Crippen molar-refractivity contribution in [1.29, 1.82) is 0 Å². The Morgan fingerprint density at radius 1 is 1.43 bits per heavy atom. The van der Waals surface area contributed by atoms with Gasteiger partial charge in [0.25, 0.3) is 5.91 Å². The predicted molar refractivity (Wildman–Crippen MR) is 72.4 cm³/mol. The standard InChI is InChI=1S/C13H10N2O5S/c16-11-9(7-8-3-1-2-5-14-8)12-15(11)10(13(17)18)4-6-21(12,19)20/h1-5,7,12H,6H2,(H,17,18)/t12-/m0/s1. The molecule has 2 aliphatic heterocycles. The fourth-order valence-corrected chi connectivity index (χ4v) is 4.00. The molecule has 0 spiro atoms. The molecular weight excluding hydrogens is 296 g/mol. The maximum Gasteiger partial charge on any atom is 0.352 e. The zero-order chi connectivity index (χ0) is 15.2. The molecule has 21 heavy (non-hydrogen) atoms. The summed E-state index contributed by atoms with van der Waals surface area (Å²) in [7, 11) is -3.62. The second kappa shape index (κ2) is 4.52. The first kappa shape index (κ1) is 13.5. The summed E-state index contributed by atoms with van der Waals surface area (Å²) < 4.78 is 24.1. The van der Waals surface area contributed by atoms with E-state index in [-0.39, 0.29) is 11.3 Å². The van der Waals surface area contributed by atoms with E-state index in [1.54, 1.807) is 18.2 Å². The molecule has 1 aromatic heterocycles. The number of carbonyl (C=O) groups is 2. The Hall–Kier alpha value is -2.48. The number of rotatable bonds is 2. The lowest BCUT2D eigenvalue weighted by Gasteiger charge is -2.43. The quantitative estimate of drug-likeness (QED) is 0.610. The molecule has 1 saturated heterocycles. The van der Waals surface area contributed by atoms with Crippen LogP contribution in [0.4, 0.5) is 0 Å². The molecule has 0 bridgehead atoms. The fourth-order valence-electron chi connectivity index (χ4n) is 2.34. The summed E-state index contributed by atoms with van der Waals surface area (Å²) in [5.41, 5.74) is 0.195. The number of sulfone groups is 1. The van der Waals surface area contributed by atoms with E-state index in [2.05, 4.69) is 4.98 Å². The van der Waals surface area contributed by atoms with E-state index >= 15 is 0 Å². The summed E-state index contributed by atoms with van der Waals surface area (Å²) >= 11 is 0. The zero-order valence-electron chi connectivity index (χ0n) is 10.6. The number of β-lactam (4-membered cyclic amide) rings is 1. The minimum Gasteiger partial charge on any atom is -0.477 e. The van der Waals surface area contributed by atoms with Crippen molar-refractivity contribution in [2.75, 3.05) is 5.75 Å². The van der Waals surface area contributed by atoms with Crippen LogP contribution in [0, 0.1) is 0 Å². The van der Waals surface area contributed by atoms with E-state index in [1.165, 1.54) is 12.3 Å². The van der Waals surface area contributed by atoms with E-state index in [1.807, 2.05) is 0 Å². The van der Waals surface area contributed by atoms with Gasteiger partial charge in [0.05, 0.1) is 17.0 Å². The van der Waals surface area contributed by atoms with Crippen molar-refractivity contribution < 1.29 is 23.1 Å². The molecule has 0 aliphatic carbocycles. The number of amides is 1. The lowest BCUT2D eigenvalue weighted by Crippen LogP contribution is -2.61. The topological polar surface area (TPSA) is 105 Å². The average Bonchev–Trinajstić information content (AvgIpc) is 2.44. The summed E-state index contributed by atoms with van der Waals surface area (Å²) in [6.07, 6.45) is 3.95. The lowest BCUT2D eigenvalue weighted by molar-refractivity contribution is -0.141. The first-order valence-electron chi connectivity index (χ1n) is 6.03. The van der Waals surface area contributed by atoms with E-state index in [9.17, 15) is 18.0 Å². The molecule has 0 aromatic carbocycles. The smallest absolute Gasteiger partial charge is 0.352 e. The summed E-state index contributed by atoms with van der Waals surface area (Å²) in [5, 5.41) is 7.80. The van der Waals surface area contributed by atoms with Crippen LogP contribution in [0.5, 0.6) is 0 Å². The van der Waals surface area contributed by atoms with Crippen LogP contribution in [0.15, 0.2) is 41.7 Å². The predicted octanol–water partition coefficient (Wildman–Crippen LogP) is 0.0302. The largest absolute Gasteiger partial charge is 0.477 e. The second-order valence-electron chi connectivity index (χ2n) is 4.61. The lowest BCUT2D eigenvalue weighted by atomic mass is 10.0. The van der Waals surface area contributed by atoms with Crippen molar-refractivity contribution >= 4 is 27.8 Å². The number of pyridine rings is 1. The van der Waals surface area contributed by atoms with Gasteiger partial charge < -0.3 is 5.11 Å². The maximum absolute atomic E-state index is 12.1. The van der Waals surface area contributed by atoms with Crippen molar-refractivity contribution in [2.24, 2.45) is 0 Å². The van der Waals surface area contributed by atoms with E-state index < -0.39 is 32.8 Å². The normalized spacial score (nSPS) is 25.0. The first-order chi connectivity index (χ1) is 9.92. The van der Waals surface area contributed by atoms with Gasteiger partial charge in [0.2, 0.25) is 0 Å². The Morgan fingerprint density at radius 3 is 2.81 bits per heavy atom. The van der Waals surface area contributed by atoms with Crippen molar-refractivity contribution in [3.63, 3.8) is 0 Å². The second-order valence-corrected chi connectivity index (χ2v) is 6.71. The summed E-state index contributed by atoms with van der Waals surface area (Å²) in [6, 6.07) is 5.03. The summed E-state index contributed by atoms with van der Waals surface area (Å²) in [6.45, 7) is 0. The molecule has 0 unspecified atom stereocenters. The molecule has 1 atom stereocenters. The Balaban J connectivity index is 2.05. The SMILES string of the molecule is O=C(O)C1=CCS(=O)(=O)[C@H]2C(=Cc3ccccn3)C(=O)N12. The number of nitrogens with zero attached hydrogens (tertiary/aromatic N) is 2. The van der Waals surface area contributed by atoms with E-state index in [0.29, 0.717) is 5.69 Å². The number of carboxylic acid groups (broad SMARTS) is 1. The minimum atomic E-state index is -3.62. The highest BCUT2D eigenvalue weighted by Crippen LogP contribution is 2.38. The fraction of sp³-hybridized carbons (Fsp3) is 0.154. The summed E-state index contributed by atoms with van der Waals surface area (Å²) in [5.74, 6) is -2.34. The Morgan fingerprint density at radius 2 is 2.19 bits per heavy atom. The molecule has 0 radical (unpaired) electrons. The zero-order valence-corrected chi connectivity index (χ0v) is 11.4. The minimum absolute atomic E-state index is 0.0422. The molecule has 1 amide bonds. The number of carboxylic acids is 1. The van der Waals surface area contributed by atoms with Crippen LogP contribution in [0.1, 0.15) is 5.69 Å². The van der Waals surface area contributed by atoms with Gasteiger partial charge in [-0.25, -0.2) is 13.2 Å². The van der Waals surface area contributed by atoms with Gasteiger partial charge in [0, 0.05) is 6.20 Å². The van der Waals surface area contributed by atoms with Gasteiger partial charge in [-0.1, -0.05) is 6.07 Å². The number of carbonyl (C=O) groups excluding carboxylic acids is 1. The third-order valence-electron chi connectivity index (χ3n) is 3.29. The number of fused-ring (bicyclic) bond motifs is 1. The number of hydrogen-bond acceptors (Lipinski definition) is 5. The molecule has 1 N–H and O–H groups in total. The van der Waals surface area contributed by atoms with Crippen LogP contribution in [0.2, 0.25) is 0 Å². The maximum atomic E-state index is 12.1. The number of aliphatic carboxylic acids is 1. The Kier molecular flexibility index (Phi) is 2.91. The van der Waals surface area contributed by atoms with Crippen LogP contribution in [0.3, 0.4) is 0 Å². The molecule has 7 nitrogen and oxygen atoms in total. The van der Waals surface area contributed by atoms with Gasteiger partial charge >= 0.3 is 5.97 Å². The molecular formula is C13H10N2O5S. The Bertz CT molecular complexity index is 795. The van der Waals surface area contributed by atoms with Crippen LogP contribution < -0.4 is 0 Å². The average molecular weight is 306 g/mol. The summed E-state index contributed by atoms with van der Waals surface area (Å²) in [4.78, 5) is 27.9. The van der Waals surface area contributed by atoms with Crippen LogP contribution in [0.25, 0.3) is 6.08 Å². The van der Waals surface area contributed by atoms with Gasteiger partial charge in [-0.2, -0.15) is 0 Å². The molecule has 0 saturated carbocycles. The van der Waals surface area contributed by atoms with Gasteiger partial charge in [0.15, 0.2) is 15.2 Å². The van der Waals surface area contributed by atoms with Gasteiger partial charge in [-0.3, -0.25) is 14.7 Å². The molecule has 3 rings (SSSR count). The number of hydrogen-bond donors (Lipinski definition) is 1. The molecule has 1 fully saturated rings. The molecule has 1 aromatic rings. The molecule has 2 aliphatic rings. The van der Waals surface area contributed by atoms with Gasteiger partial charge in [-0.05, 0) is 24.3 Å². The van der Waals surface area contributed by atoms with E-state index in [0.717, 1.165) is 11.0 Å². The molecule has 3 heterocycles. The monoisotopic (exact) mass is 306 g/mol.